The lowest BCUT2D eigenvalue weighted by atomic mass is 10.0. The monoisotopic (exact) mass is 816 g/mol. The largest absolute Gasteiger partial charge is 0.372 e. The molecule has 57 heavy (non-hydrogen) atoms. The molecule has 2 fully saturated rings. The van der Waals surface area contributed by atoms with Crippen LogP contribution in [0.5, 0.6) is 0 Å². The molecule has 2 aromatic heterocycles. The number of carbonyl (C=O) groups excluding carboxylic acids is 4. The number of fused-ring (bicyclic) bond motifs is 2. The highest BCUT2D eigenvalue weighted by Crippen LogP contribution is 2.26. The summed E-state index contributed by atoms with van der Waals surface area (Å²) >= 11 is 11.6. The van der Waals surface area contributed by atoms with Crippen molar-refractivity contribution in [3.63, 3.8) is 0 Å². The first-order chi connectivity index (χ1) is 27.3. The summed E-state index contributed by atoms with van der Waals surface area (Å²) in [5.41, 5.74) is 2.18. The van der Waals surface area contributed by atoms with Crippen LogP contribution >= 0.6 is 23.2 Å². The molecule has 0 saturated carbocycles. The van der Waals surface area contributed by atoms with Gasteiger partial charge in [0.15, 0.2) is 0 Å². The second kappa shape index (κ2) is 16.7. The maximum absolute atomic E-state index is 13.4. The van der Waals surface area contributed by atoms with E-state index in [1.54, 1.807) is 11.0 Å². The van der Waals surface area contributed by atoms with Gasteiger partial charge in [-0.1, -0.05) is 47.5 Å². The second-order valence-electron chi connectivity index (χ2n) is 13.8. The highest BCUT2D eigenvalue weighted by molar-refractivity contribution is 6.31. The molecule has 2 unspecified atom stereocenters. The molecule has 2 aliphatic heterocycles. The van der Waals surface area contributed by atoms with Crippen LogP contribution in [0.15, 0.2) is 84.9 Å². The Balaban J connectivity index is 0.000000174. The maximum atomic E-state index is 13.4. The molecule has 2 atom stereocenters. The van der Waals surface area contributed by atoms with Crippen LogP contribution < -0.4 is 10.6 Å². The number of H-pyrrole nitrogens is 2. The Labute approximate surface area is 334 Å². The van der Waals surface area contributed by atoms with Gasteiger partial charge in [0.05, 0.1) is 35.2 Å². The molecule has 6 aromatic rings. The molecule has 0 bridgehead atoms. The van der Waals surface area contributed by atoms with Crippen molar-refractivity contribution >= 4 is 68.9 Å². The lowest BCUT2D eigenvalue weighted by molar-refractivity contribution is -0.154. The van der Waals surface area contributed by atoms with Crippen LogP contribution in [-0.4, -0.2) is 77.2 Å². The Morgan fingerprint density at radius 3 is 1.84 bits per heavy atom. The molecule has 2 saturated heterocycles. The van der Waals surface area contributed by atoms with Crippen molar-refractivity contribution in [1.82, 2.24) is 40.4 Å². The Kier molecular flexibility index (Phi) is 11.5. The van der Waals surface area contributed by atoms with E-state index < -0.39 is 35.0 Å². The summed E-state index contributed by atoms with van der Waals surface area (Å²) in [4.78, 5) is 68.5. The van der Waals surface area contributed by atoms with Gasteiger partial charge in [-0.2, -0.15) is 0 Å². The maximum Gasteiger partial charge on any atom is 0.264 e. The SMILES string of the molecule is O=C(NCc1cc(F)cc(Cl)c1)C1(O)CCN(Cc2nc3ccccc3[nH]2)C1=O.O=C(NCc1cc(F)cc(Cl)c1)C1CCN(Cc2nc3ccccc3[nH]2)C1=O. The van der Waals surface area contributed by atoms with Crippen molar-refractivity contribution < 1.29 is 33.1 Å². The average molecular weight is 818 g/mol. The van der Waals surface area contributed by atoms with Crippen molar-refractivity contribution in [3.8, 4) is 0 Å². The lowest BCUT2D eigenvalue weighted by Crippen LogP contribution is -2.52. The van der Waals surface area contributed by atoms with E-state index in [-0.39, 0.29) is 54.5 Å². The molecule has 13 nitrogen and oxygen atoms in total. The van der Waals surface area contributed by atoms with E-state index in [0.717, 1.165) is 28.1 Å². The standard InChI is InChI=1S/C20H18ClFN4O3.C20H18ClFN4O2/c21-13-7-12(8-14(22)9-13)10-23-18(27)20(29)5-6-26(19(20)28)11-17-24-15-3-1-2-4-16(15)25-17;21-13-7-12(8-14(22)9-13)10-23-19(27)15-5-6-26(20(15)28)11-18-24-16-3-1-2-4-17(16)25-18/h1-4,7-9,29H,5-6,10-11H2,(H,23,27)(H,24,25);1-4,7-9,15H,5-6,10-11H2,(H,23,27)(H,24,25). The number of aliphatic hydroxyl groups is 1. The number of aromatic nitrogens is 4. The van der Waals surface area contributed by atoms with E-state index in [1.807, 2.05) is 48.5 Å². The van der Waals surface area contributed by atoms with E-state index >= 15 is 0 Å². The molecular formula is C40H36Cl2F2N8O5. The molecule has 5 N–H and O–H groups in total. The normalized spacial score (nSPS) is 17.9. The number of imidazole rings is 2. The Morgan fingerprint density at radius 2 is 1.30 bits per heavy atom. The molecule has 4 amide bonds. The molecule has 4 heterocycles. The molecule has 294 valence electrons. The van der Waals surface area contributed by atoms with Crippen LogP contribution in [0.2, 0.25) is 10.0 Å². The zero-order valence-electron chi connectivity index (χ0n) is 30.2. The van der Waals surface area contributed by atoms with Crippen molar-refractivity contribution in [3.05, 3.63) is 129 Å². The zero-order valence-corrected chi connectivity index (χ0v) is 31.7. The number of rotatable bonds is 10. The Morgan fingerprint density at radius 1 is 0.772 bits per heavy atom. The first-order valence-electron chi connectivity index (χ1n) is 18.0. The average Bonchev–Trinajstić information content (AvgIpc) is 3.94. The van der Waals surface area contributed by atoms with Gasteiger partial charge in [-0.05, 0) is 78.2 Å². The van der Waals surface area contributed by atoms with Crippen molar-refractivity contribution in [2.24, 2.45) is 5.92 Å². The molecule has 17 heteroatoms. The summed E-state index contributed by atoms with van der Waals surface area (Å²) in [5.74, 6) is -2.59. The number of hydrogen-bond donors (Lipinski definition) is 5. The fourth-order valence-corrected chi connectivity index (χ4v) is 7.35. The first kappa shape index (κ1) is 39.3. The van der Waals surface area contributed by atoms with Crippen LogP contribution in [0.1, 0.15) is 35.6 Å². The van der Waals surface area contributed by atoms with E-state index in [0.29, 0.717) is 42.3 Å². The predicted octanol–water partition coefficient (Wildman–Crippen LogP) is 5.16. The highest BCUT2D eigenvalue weighted by atomic mass is 35.5. The fraction of sp³-hybridized carbons (Fsp3) is 0.250. The molecule has 0 spiro atoms. The van der Waals surface area contributed by atoms with E-state index in [4.69, 9.17) is 23.2 Å². The third kappa shape index (κ3) is 9.06. The Bertz CT molecular complexity index is 2390. The van der Waals surface area contributed by atoms with Crippen molar-refractivity contribution in [2.45, 2.75) is 44.6 Å². The summed E-state index contributed by atoms with van der Waals surface area (Å²) in [6.45, 7) is 1.24. The first-order valence-corrected chi connectivity index (χ1v) is 18.7. The molecule has 0 aliphatic carbocycles. The van der Waals surface area contributed by atoms with E-state index in [9.17, 15) is 33.1 Å². The molecule has 0 radical (unpaired) electrons. The van der Waals surface area contributed by atoms with Gasteiger partial charge in [-0.3, -0.25) is 19.2 Å². The third-order valence-electron chi connectivity index (χ3n) is 9.70. The lowest BCUT2D eigenvalue weighted by Gasteiger charge is -2.21. The zero-order chi connectivity index (χ0) is 40.3. The molecule has 8 rings (SSSR count). The number of nitrogens with zero attached hydrogens (tertiary/aromatic N) is 4. The summed E-state index contributed by atoms with van der Waals surface area (Å²) in [5, 5.41) is 16.3. The summed E-state index contributed by atoms with van der Waals surface area (Å²) < 4.78 is 26.8. The second-order valence-corrected chi connectivity index (χ2v) is 14.7. The minimum Gasteiger partial charge on any atom is -0.372 e. The molecule has 2 aliphatic rings. The van der Waals surface area contributed by atoms with Crippen LogP contribution in [0.4, 0.5) is 8.78 Å². The van der Waals surface area contributed by atoms with Crippen LogP contribution in [0.3, 0.4) is 0 Å². The summed E-state index contributed by atoms with van der Waals surface area (Å²) in [7, 11) is 0. The van der Waals surface area contributed by atoms with Gasteiger partial charge in [-0.25, -0.2) is 18.7 Å². The van der Waals surface area contributed by atoms with Crippen LogP contribution in [0.25, 0.3) is 22.1 Å². The number of carbonyl (C=O) groups is 4. The highest BCUT2D eigenvalue weighted by Gasteiger charge is 2.51. The van der Waals surface area contributed by atoms with E-state index in [2.05, 4.69) is 30.6 Å². The number of halogens is 4. The summed E-state index contributed by atoms with van der Waals surface area (Å²) in [6.07, 6.45) is 0.399. The number of aromatic amines is 2. The van der Waals surface area contributed by atoms with Gasteiger partial charge in [0.1, 0.15) is 29.2 Å². The third-order valence-corrected chi connectivity index (χ3v) is 10.1. The number of nitrogens with one attached hydrogen (secondary N) is 4. The smallest absolute Gasteiger partial charge is 0.264 e. The number of para-hydroxylation sites is 4. The molecular weight excluding hydrogens is 781 g/mol. The number of benzene rings is 4. The number of amides is 4. The van der Waals surface area contributed by atoms with Gasteiger partial charge in [0.2, 0.25) is 17.4 Å². The minimum atomic E-state index is -2.16. The fourth-order valence-electron chi connectivity index (χ4n) is 6.86. The quantitative estimate of drug-likeness (QED) is 0.119. The minimum absolute atomic E-state index is 0.0399. The summed E-state index contributed by atoms with van der Waals surface area (Å²) in [6, 6.07) is 23.1. The van der Waals surface area contributed by atoms with Gasteiger partial charge in [0, 0.05) is 42.6 Å². The predicted molar refractivity (Wildman–Crippen MR) is 207 cm³/mol. The van der Waals surface area contributed by atoms with E-state index in [1.165, 1.54) is 29.2 Å². The Hall–Kier alpha value is -5.90. The van der Waals surface area contributed by atoms with Crippen molar-refractivity contribution in [1.29, 1.82) is 0 Å². The van der Waals surface area contributed by atoms with Gasteiger partial charge >= 0.3 is 0 Å². The number of likely N-dealkylation sites (tertiary alicyclic amines) is 2. The van der Waals surface area contributed by atoms with Crippen LogP contribution in [0, 0.1) is 17.6 Å². The van der Waals surface area contributed by atoms with Crippen molar-refractivity contribution in [2.75, 3.05) is 13.1 Å². The number of hydrogen-bond acceptors (Lipinski definition) is 7. The van der Waals surface area contributed by atoms with Gasteiger partial charge in [-0.15, -0.1) is 0 Å². The van der Waals surface area contributed by atoms with Crippen LogP contribution in [-0.2, 0) is 45.4 Å². The van der Waals surface area contributed by atoms with Gasteiger partial charge < -0.3 is 35.5 Å². The topological polar surface area (TPSA) is 176 Å². The van der Waals surface area contributed by atoms with Gasteiger partial charge in [0.25, 0.3) is 11.8 Å². The molecule has 4 aromatic carbocycles.